The maximum absolute atomic E-state index is 6.04. The van der Waals surface area contributed by atoms with Crippen molar-refractivity contribution in [1.29, 1.82) is 0 Å². The summed E-state index contributed by atoms with van der Waals surface area (Å²) < 4.78 is 1.73. The summed E-state index contributed by atoms with van der Waals surface area (Å²) >= 11 is 6.04. The first-order chi connectivity index (χ1) is 9.47. The largest absolute Gasteiger partial charge is 0.312 e. The summed E-state index contributed by atoms with van der Waals surface area (Å²) in [5, 5.41) is 8.44. The van der Waals surface area contributed by atoms with Gasteiger partial charge in [0.1, 0.15) is 0 Å². The van der Waals surface area contributed by atoms with Crippen LogP contribution in [0.2, 0.25) is 5.02 Å². The quantitative estimate of drug-likeness (QED) is 0.919. The molecule has 2 aromatic heterocycles. The van der Waals surface area contributed by atoms with Crippen molar-refractivity contribution in [1.82, 2.24) is 20.1 Å². The summed E-state index contributed by atoms with van der Waals surface area (Å²) in [4.78, 5) is 4.50. The van der Waals surface area contributed by atoms with E-state index < -0.39 is 0 Å². The maximum atomic E-state index is 6.04. The Morgan fingerprint density at radius 1 is 1.35 bits per heavy atom. The lowest BCUT2D eigenvalue weighted by Crippen LogP contribution is -2.19. The molecule has 0 atom stereocenters. The second kappa shape index (κ2) is 6.37. The molecule has 0 radical (unpaired) electrons. The fourth-order valence-electron chi connectivity index (χ4n) is 2.01. The summed E-state index contributed by atoms with van der Waals surface area (Å²) in [6.45, 7) is 10.2. The average Bonchev–Trinajstić information content (AvgIpc) is 2.69. The van der Waals surface area contributed by atoms with Crippen LogP contribution in [0.15, 0.2) is 18.5 Å². The monoisotopic (exact) mass is 292 g/mol. The zero-order chi connectivity index (χ0) is 14.7. The molecule has 2 rings (SSSR count). The lowest BCUT2D eigenvalue weighted by molar-refractivity contribution is 0.551. The maximum Gasteiger partial charge on any atom is 0.156 e. The molecule has 0 aliphatic rings. The van der Waals surface area contributed by atoms with Gasteiger partial charge in [0.25, 0.3) is 0 Å². The zero-order valence-electron chi connectivity index (χ0n) is 12.4. The van der Waals surface area contributed by atoms with Gasteiger partial charge in [0, 0.05) is 12.7 Å². The number of halogens is 1. The van der Waals surface area contributed by atoms with E-state index in [1.54, 1.807) is 10.9 Å². The Kier molecular flexibility index (Phi) is 4.78. The number of pyridine rings is 1. The van der Waals surface area contributed by atoms with Gasteiger partial charge >= 0.3 is 0 Å². The number of nitrogens with zero attached hydrogens (tertiary/aromatic N) is 3. The zero-order valence-corrected chi connectivity index (χ0v) is 13.2. The van der Waals surface area contributed by atoms with Gasteiger partial charge in [-0.3, -0.25) is 0 Å². The van der Waals surface area contributed by atoms with Crippen LogP contribution in [0.4, 0.5) is 0 Å². The molecular formula is C15H21ClN4. The molecule has 0 aliphatic carbocycles. The highest BCUT2D eigenvalue weighted by Gasteiger charge is 2.08. The highest BCUT2D eigenvalue weighted by molar-refractivity contribution is 6.31. The molecule has 2 heterocycles. The van der Waals surface area contributed by atoms with Gasteiger partial charge in [0.2, 0.25) is 0 Å². The minimum Gasteiger partial charge on any atom is -0.312 e. The van der Waals surface area contributed by atoms with Crippen molar-refractivity contribution in [2.75, 3.05) is 6.54 Å². The van der Waals surface area contributed by atoms with Gasteiger partial charge < -0.3 is 5.32 Å². The van der Waals surface area contributed by atoms with Crippen LogP contribution in [-0.2, 0) is 6.54 Å². The number of aryl methyl sites for hydroxylation is 2. The van der Waals surface area contributed by atoms with E-state index in [1.165, 1.54) is 5.56 Å². The molecule has 0 fully saturated rings. The Morgan fingerprint density at radius 3 is 2.65 bits per heavy atom. The first kappa shape index (κ1) is 15.0. The number of rotatable bonds is 5. The molecule has 108 valence electrons. The molecule has 0 saturated carbocycles. The van der Waals surface area contributed by atoms with E-state index in [0.717, 1.165) is 30.2 Å². The molecule has 0 aliphatic heterocycles. The van der Waals surface area contributed by atoms with E-state index in [2.05, 4.69) is 35.3 Å². The van der Waals surface area contributed by atoms with Crippen LogP contribution < -0.4 is 5.32 Å². The van der Waals surface area contributed by atoms with Crippen molar-refractivity contribution >= 4 is 11.6 Å². The molecule has 2 aromatic rings. The predicted octanol–water partition coefficient (Wildman–Crippen LogP) is 3.28. The summed E-state index contributed by atoms with van der Waals surface area (Å²) in [6.07, 6.45) is 3.68. The number of aromatic nitrogens is 3. The van der Waals surface area contributed by atoms with Crippen LogP contribution >= 0.6 is 11.6 Å². The molecule has 0 aromatic carbocycles. The van der Waals surface area contributed by atoms with Crippen molar-refractivity contribution in [3.05, 3.63) is 40.3 Å². The fourth-order valence-corrected chi connectivity index (χ4v) is 2.15. The smallest absolute Gasteiger partial charge is 0.156 e. The van der Waals surface area contributed by atoms with Crippen molar-refractivity contribution in [3.63, 3.8) is 0 Å². The minimum absolute atomic E-state index is 0.650. The summed E-state index contributed by atoms with van der Waals surface area (Å²) in [5.74, 6) is 1.48. The van der Waals surface area contributed by atoms with Gasteiger partial charge in [-0.05, 0) is 43.5 Å². The van der Waals surface area contributed by atoms with Gasteiger partial charge in [-0.15, -0.1) is 0 Å². The highest BCUT2D eigenvalue weighted by atomic mass is 35.5. The molecule has 0 saturated heterocycles. The van der Waals surface area contributed by atoms with Gasteiger partial charge in [-0.25, -0.2) is 9.67 Å². The van der Waals surface area contributed by atoms with Crippen LogP contribution in [0.5, 0.6) is 0 Å². The fraction of sp³-hybridized carbons (Fsp3) is 0.467. The van der Waals surface area contributed by atoms with Crippen LogP contribution in [0.25, 0.3) is 5.82 Å². The van der Waals surface area contributed by atoms with Gasteiger partial charge in [-0.1, -0.05) is 25.4 Å². The third kappa shape index (κ3) is 3.58. The molecule has 20 heavy (non-hydrogen) atoms. The topological polar surface area (TPSA) is 42.7 Å². The first-order valence-electron chi connectivity index (χ1n) is 6.85. The van der Waals surface area contributed by atoms with Crippen LogP contribution in [-0.4, -0.2) is 21.3 Å². The third-order valence-electron chi connectivity index (χ3n) is 3.04. The van der Waals surface area contributed by atoms with E-state index in [0.29, 0.717) is 10.9 Å². The van der Waals surface area contributed by atoms with Gasteiger partial charge in [0.05, 0.1) is 16.9 Å². The number of hydrogen-bond donors (Lipinski definition) is 1. The standard InChI is InChI=1S/C15H21ClN4/c1-10(2)6-17-7-13-5-11(3)15(18-8-13)20-9-14(16)12(4)19-20/h5,8-10,17H,6-7H2,1-4H3. The van der Waals surface area contributed by atoms with Crippen molar-refractivity contribution < 1.29 is 0 Å². The molecule has 0 unspecified atom stereocenters. The normalized spacial score (nSPS) is 11.3. The lowest BCUT2D eigenvalue weighted by atomic mass is 10.2. The molecule has 0 bridgehead atoms. The minimum atomic E-state index is 0.650. The summed E-state index contributed by atoms with van der Waals surface area (Å²) in [5.41, 5.74) is 3.09. The Balaban J connectivity index is 2.13. The molecule has 0 amide bonds. The summed E-state index contributed by atoms with van der Waals surface area (Å²) in [7, 11) is 0. The molecule has 4 nitrogen and oxygen atoms in total. The molecule has 1 N–H and O–H groups in total. The van der Waals surface area contributed by atoms with Crippen molar-refractivity contribution in [2.24, 2.45) is 5.92 Å². The third-order valence-corrected chi connectivity index (χ3v) is 3.42. The lowest BCUT2D eigenvalue weighted by Gasteiger charge is -2.10. The first-order valence-corrected chi connectivity index (χ1v) is 7.23. The molecule has 0 spiro atoms. The molecular weight excluding hydrogens is 272 g/mol. The van der Waals surface area contributed by atoms with E-state index in [1.807, 2.05) is 20.0 Å². The predicted molar refractivity (Wildman–Crippen MR) is 82.4 cm³/mol. The number of hydrogen-bond acceptors (Lipinski definition) is 3. The number of nitrogens with one attached hydrogen (secondary N) is 1. The average molecular weight is 293 g/mol. The van der Waals surface area contributed by atoms with E-state index in [4.69, 9.17) is 11.6 Å². The van der Waals surface area contributed by atoms with Crippen molar-refractivity contribution in [2.45, 2.75) is 34.2 Å². The second-order valence-corrected chi connectivity index (χ2v) is 5.92. The highest BCUT2D eigenvalue weighted by Crippen LogP contribution is 2.18. The van der Waals surface area contributed by atoms with Crippen LogP contribution in [0.3, 0.4) is 0 Å². The van der Waals surface area contributed by atoms with Gasteiger partial charge in [0.15, 0.2) is 5.82 Å². The van der Waals surface area contributed by atoms with Crippen LogP contribution in [0, 0.1) is 19.8 Å². The second-order valence-electron chi connectivity index (χ2n) is 5.52. The van der Waals surface area contributed by atoms with Crippen molar-refractivity contribution in [3.8, 4) is 5.82 Å². The van der Waals surface area contributed by atoms with Crippen LogP contribution in [0.1, 0.15) is 30.7 Å². The Hall–Kier alpha value is -1.39. The Labute approximate surface area is 125 Å². The Morgan fingerprint density at radius 2 is 2.10 bits per heavy atom. The van der Waals surface area contributed by atoms with E-state index in [9.17, 15) is 0 Å². The molecule has 5 heteroatoms. The van der Waals surface area contributed by atoms with E-state index >= 15 is 0 Å². The Bertz CT molecular complexity index is 570. The SMILES string of the molecule is Cc1cc(CNCC(C)C)cnc1-n1cc(Cl)c(C)n1. The van der Waals surface area contributed by atoms with E-state index in [-0.39, 0.29) is 0 Å². The van der Waals surface area contributed by atoms with Gasteiger partial charge in [-0.2, -0.15) is 5.10 Å². The summed E-state index contributed by atoms with van der Waals surface area (Å²) in [6, 6.07) is 2.14.